The minimum absolute atomic E-state index is 0.0547. The van der Waals surface area contributed by atoms with E-state index in [0.29, 0.717) is 6.61 Å². The molecule has 0 fully saturated rings. The minimum atomic E-state index is -1.66. The van der Waals surface area contributed by atoms with E-state index in [9.17, 15) is 0 Å². The summed E-state index contributed by atoms with van der Waals surface area (Å²) in [6.07, 6.45) is 3.49. The minimum Gasteiger partial charge on any atom is -0.413 e. The van der Waals surface area contributed by atoms with E-state index in [2.05, 4.69) is 40.4 Å². The number of aliphatic hydroxyl groups excluding tert-OH is 1. The predicted octanol–water partition coefficient (Wildman–Crippen LogP) is 3.11. The van der Waals surface area contributed by atoms with Gasteiger partial charge in [0.25, 0.3) is 0 Å². The SMILES string of the molecule is C=C(/C=C/CO)CO[Si](C)(C)C(C)(C)C. The third-order valence-corrected chi connectivity index (χ3v) is 7.36. The molecule has 0 aromatic heterocycles. The summed E-state index contributed by atoms with van der Waals surface area (Å²) in [6.45, 7) is 15.6. The standard InChI is InChI=1S/C12H24O2Si/c1-11(8-7-9-13)10-14-15(5,6)12(2,3)4/h7-8,13H,1,9-10H2,2-6H3/b8-7+. The Morgan fingerprint density at radius 1 is 1.40 bits per heavy atom. The Bertz CT molecular complexity index is 236. The van der Waals surface area contributed by atoms with Gasteiger partial charge in [-0.1, -0.05) is 39.5 Å². The zero-order valence-electron chi connectivity index (χ0n) is 10.6. The monoisotopic (exact) mass is 228 g/mol. The molecule has 0 saturated heterocycles. The number of hydrogen-bond donors (Lipinski definition) is 1. The van der Waals surface area contributed by atoms with Crippen LogP contribution in [0.25, 0.3) is 0 Å². The summed E-state index contributed by atoms with van der Waals surface area (Å²) in [5, 5.41) is 8.84. The van der Waals surface area contributed by atoms with Crippen molar-refractivity contribution in [1.29, 1.82) is 0 Å². The highest BCUT2D eigenvalue weighted by atomic mass is 28.4. The maximum atomic E-state index is 8.61. The molecule has 0 aliphatic carbocycles. The first kappa shape index (κ1) is 14.6. The van der Waals surface area contributed by atoms with Gasteiger partial charge in [0.2, 0.25) is 0 Å². The lowest BCUT2D eigenvalue weighted by Crippen LogP contribution is -2.41. The Balaban J connectivity index is 4.16. The van der Waals surface area contributed by atoms with Crippen LogP contribution in [0, 0.1) is 0 Å². The molecule has 0 saturated carbocycles. The molecule has 2 nitrogen and oxygen atoms in total. The largest absolute Gasteiger partial charge is 0.413 e. The van der Waals surface area contributed by atoms with E-state index >= 15 is 0 Å². The van der Waals surface area contributed by atoms with Gasteiger partial charge in [0, 0.05) is 0 Å². The quantitative estimate of drug-likeness (QED) is 0.579. The summed E-state index contributed by atoms with van der Waals surface area (Å²) < 4.78 is 5.96. The zero-order valence-corrected chi connectivity index (χ0v) is 11.6. The first-order valence-electron chi connectivity index (χ1n) is 5.30. The molecule has 0 aliphatic heterocycles. The summed E-state index contributed by atoms with van der Waals surface area (Å²) >= 11 is 0. The lowest BCUT2D eigenvalue weighted by Gasteiger charge is -2.36. The van der Waals surface area contributed by atoms with Gasteiger partial charge in [-0.3, -0.25) is 0 Å². The summed E-state index contributed by atoms with van der Waals surface area (Å²) in [5.41, 5.74) is 0.911. The van der Waals surface area contributed by atoms with Crippen molar-refractivity contribution in [2.75, 3.05) is 13.2 Å². The van der Waals surface area contributed by atoms with Crippen LogP contribution in [0.5, 0.6) is 0 Å². The molecule has 0 radical (unpaired) electrons. The van der Waals surface area contributed by atoms with Crippen molar-refractivity contribution >= 4 is 8.32 Å². The van der Waals surface area contributed by atoms with Crippen LogP contribution in [-0.2, 0) is 4.43 Å². The van der Waals surface area contributed by atoms with Crippen molar-refractivity contribution in [3.63, 3.8) is 0 Å². The Morgan fingerprint density at radius 3 is 2.33 bits per heavy atom. The highest BCUT2D eigenvalue weighted by Crippen LogP contribution is 2.36. The van der Waals surface area contributed by atoms with Crippen LogP contribution in [-0.4, -0.2) is 26.6 Å². The molecule has 0 aliphatic rings. The first-order valence-corrected chi connectivity index (χ1v) is 8.20. The average molecular weight is 228 g/mol. The van der Waals surface area contributed by atoms with E-state index in [4.69, 9.17) is 9.53 Å². The molecule has 0 amide bonds. The summed E-state index contributed by atoms with van der Waals surface area (Å²) in [4.78, 5) is 0. The van der Waals surface area contributed by atoms with Gasteiger partial charge < -0.3 is 9.53 Å². The molecule has 0 spiro atoms. The Kier molecular flexibility index (Phi) is 5.49. The third kappa shape index (κ3) is 5.30. The van der Waals surface area contributed by atoms with Gasteiger partial charge in [0.15, 0.2) is 8.32 Å². The van der Waals surface area contributed by atoms with Crippen molar-refractivity contribution in [1.82, 2.24) is 0 Å². The number of aliphatic hydroxyl groups is 1. The maximum absolute atomic E-state index is 8.61. The molecule has 1 N–H and O–H groups in total. The summed E-state index contributed by atoms with van der Waals surface area (Å²) in [7, 11) is -1.66. The van der Waals surface area contributed by atoms with Crippen molar-refractivity contribution in [2.45, 2.75) is 38.9 Å². The van der Waals surface area contributed by atoms with Gasteiger partial charge in [-0.2, -0.15) is 0 Å². The van der Waals surface area contributed by atoms with E-state index in [1.54, 1.807) is 6.08 Å². The van der Waals surface area contributed by atoms with E-state index in [1.165, 1.54) is 0 Å². The van der Waals surface area contributed by atoms with Gasteiger partial charge >= 0.3 is 0 Å². The molecule has 0 aromatic rings. The number of hydrogen-bond acceptors (Lipinski definition) is 2. The van der Waals surface area contributed by atoms with Crippen LogP contribution in [0.15, 0.2) is 24.3 Å². The molecular weight excluding hydrogens is 204 g/mol. The first-order chi connectivity index (χ1) is 6.70. The molecular formula is C12H24O2Si. The fourth-order valence-electron chi connectivity index (χ4n) is 0.757. The second-order valence-corrected chi connectivity index (χ2v) is 10.1. The van der Waals surface area contributed by atoms with Crippen LogP contribution < -0.4 is 0 Å². The van der Waals surface area contributed by atoms with Crippen molar-refractivity contribution in [3.05, 3.63) is 24.3 Å². The lowest BCUT2D eigenvalue weighted by atomic mass is 10.2. The van der Waals surface area contributed by atoms with Crippen LogP contribution in [0.1, 0.15) is 20.8 Å². The molecule has 0 aromatic carbocycles. The van der Waals surface area contributed by atoms with E-state index in [0.717, 1.165) is 5.57 Å². The van der Waals surface area contributed by atoms with E-state index in [1.807, 2.05) is 6.08 Å². The fraction of sp³-hybridized carbons (Fsp3) is 0.667. The van der Waals surface area contributed by atoms with Crippen LogP contribution in [0.2, 0.25) is 18.1 Å². The normalized spacial score (nSPS) is 13.5. The second kappa shape index (κ2) is 5.63. The molecule has 88 valence electrons. The second-order valence-electron chi connectivity index (χ2n) is 5.29. The van der Waals surface area contributed by atoms with Gasteiger partial charge in [0.1, 0.15) is 0 Å². The summed E-state index contributed by atoms with van der Waals surface area (Å²) in [5.74, 6) is 0. The Labute approximate surface area is 94.8 Å². The van der Waals surface area contributed by atoms with Crippen LogP contribution in [0.3, 0.4) is 0 Å². The van der Waals surface area contributed by atoms with Crippen molar-refractivity contribution in [2.24, 2.45) is 0 Å². The van der Waals surface area contributed by atoms with Gasteiger partial charge in [-0.05, 0) is 23.7 Å². The van der Waals surface area contributed by atoms with E-state index < -0.39 is 8.32 Å². The molecule has 0 rings (SSSR count). The van der Waals surface area contributed by atoms with Gasteiger partial charge in [-0.15, -0.1) is 0 Å². The predicted molar refractivity (Wildman–Crippen MR) is 68.5 cm³/mol. The molecule has 3 heteroatoms. The highest BCUT2D eigenvalue weighted by Gasteiger charge is 2.36. The molecule has 0 unspecified atom stereocenters. The smallest absolute Gasteiger partial charge is 0.192 e. The summed E-state index contributed by atoms with van der Waals surface area (Å²) in [6, 6.07) is 0. The lowest BCUT2D eigenvalue weighted by molar-refractivity contribution is 0.321. The molecule has 0 bridgehead atoms. The topological polar surface area (TPSA) is 29.5 Å². The van der Waals surface area contributed by atoms with E-state index in [-0.39, 0.29) is 11.6 Å². The third-order valence-electron chi connectivity index (χ3n) is 2.88. The average Bonchev–Trinajstić information content (AvgIpc) is 2.09. The maximum Gasteiger partial charge on any atom is 0.192 e. The van der Waals surface area contributed by atoms with Gasteiger partial charge in [-0.25, -0.2) is 0 Å². The van der Waals surface area contributed by atoms with Crippen molar-refractivity contribution in [3.8, 4) is 0 Å². The fourth-order valence-corrected chi connectivity index (χ4v) is 1.74. The molecule has 0 atom stereocenters. The van der Waals surface area contributed by atoms with Gasteiger partial charge in [0.05, 0.1) is 13.2 Å². The number of rotatable bonds is 5. The van der Waals surface area contributed by atoms with Crippen LogP contribution in [0.4, 0.5) is 0 Å². The molecule has 0 heterocycles. The highest BCUT2D eigenvalue weighted by molar-refractivity contribution is 6.74. The van der Waals surface area contributed by atoms with Crippen LogP contribution >= 0.6 is 0 Å². The Morgan fingerprint density at radius 2 is 1.93 bits per heavy atom. The Hall–Kier alpha value is -0.383. The zero-order chi connectivity index (χ0) is 12.1. The molecule has 15 heavy (non-hydrogen) atoms. The van der Waals surface area contributed by atoms with Crippen molar-refractivity contribution < 1.29 is 9.53 Å².